The Labute approximate surface area is 195 Å². The van der Waals surface area contributed by atoms with Crippen LogP contribution in [-0.4, -0.2) is 67.6 Å². The van der Waals surface area contributed by atoms with Crippen LogP contribution in [0.5, 0.6) is 11.5 Å². The number of benzene rings is 2. The molecule has 2 amide bonds. The van der Waals surface area contributed by atoms with E-state index in [1.54, 1.807) is 13.2 Å². The SMILES string of the molecule is COc1cc(C(=O)N2CCN(CC(=O)NCc3ccccc3)CC2)ccc1OC1CCCC1. The topological polar surface area (TPSA) is 71.1 Å². The first-order chi connectivity index (χ1) is 16.1. The lowest BCUT2D eigenvalue weighted by Crippen LogP contribution is -2.51. The van der Waals surface area contributed by atoms with Crippen LogP contribution in [0, 0.1) is 0 Å². The van der Waals surface area contributed by atoms with Crippen molar-refractivity contribution >= 4 is 11.8 Å². The highest BCUT2D eigenvalue weighted by atomic mass is 16.5. The number of carbonyl (C=O) groups excluding carboxylic acids is 2. The van der Waals surface area contributed by atoms with Crippen LogP contribution in [-0.2, 0) is 11.3 Å². The molecule has 176 valence electrons. The predicted molar refractivity (Wildman–Crippen MR) is 127 cm³/mol. The first-order valence-corrected chi connectivity index (χ1v) is 11.8. The molecule has 0 spiro atoms. The molecule has 0 atom stereocenters. The summed E-state index contributed by atoms with van der Waals surface area (Å²) >= 11 is 0. The first kappa shape index (κ1) is 23.1. The van der Waals surface area contributed by atoms with Gasteiger partial charge in [-0.25, -0.2) is 0 Å². The number of piperazine rings is 1. The molecule has 2 aromatic rings. The van der Waals surface area contributed by atoms with Gasteiger partial charge in [0.1, 0.15) is 0 Å². The molecule has 1 aliphatic carbocycles. The van der Waals surface area contributed by atoms with Crippen LogP contribution < -0.4 is 14.8 Å². The Morgan fingerprint density at radius 2 is 1.70 bits per heavy atom. The van der Waals surface area contributed by atoms with Gasteiger partial charge in [-0.2, -0.15) is 0 Å². The molecule has 1 saturated heterocycles. The van der Waals surface area contributed by atoms with Crippen molar-refractivity contribution in [3.05, 3.63) is 59.7 Å². The van der Waals surface area contributed by atoms with Crippen LogP contribution in [0.2, 0.25) is 0 Å². The second-order valence-electron chi connectivity index (χ2n) is 8.72. The van der Waals surface area contributed by atoms with E-state index in [2.05, 4.69) is 10.2 Å². The molecular weight excluding hydrogens is 418 g/mol. The molecule has 1 heterocycles. The van der Waals surface area contributed by atoms with Crippen molar-refractivity contribution < 1.29 is 19.1 Å². The van der Waals surface area contributed by atoms with Crippen LogP contribution in [0.4, 0.5) is 0 Å². The van der Waals surface area contributed by atoms with Gasteiger partial charge in [-0.1, -0.05) is 30.3 Å². The van der Waals surface area contributed by atoms with Crippen molar-refractivity contribution in [3.63, 3.8) is 0 Å². The third-order valence-corrected chi connectivity index (χ3v) is 6.37. The Bertz CT molecular complexity index is 936. The summed E-state index contributed by atoms with van der Waals surface area (Å²) in [6.07, 6.45) is 4.77. The van der Waals surface area contributed by atoms with Crippen LogP contribution in [0.3, 0.4) is 0 Å². The first-order valence-electron chi connectivity index (χ1n) is 11.8. The number of nitrogens with one attached hydrogen (secondary N) is 1. The van der Waals surface area contributed by atoms with Gasteiger partial charge in [0, 0.05) is 38.3 Å². The fourth-order valence-corrected chi connectivity index (χ4v) is 4.43. The molecule has 33 heavy (non-hydrogen) atoms. The van der Waals surface area contributed by atoms with Gasteiger partial charge in [-0.15, -0.1) is 0 Å². The van der Waals surface area contributed by atoms with E-state index in [1.165, 1.54) is 12.8 Å². The molecule has 0 bridgehead atoms. The summed E-state index contributed by atoms with van der Waals surface area (Å²) in [5.74, 6) is 1.28. The molecule has 1 N–H and O–H groups in total. The van der Waals surface area contributed by atoms with Gasteiger partial charge >= 0.3 is 0 Å². The van der Waals surface area contributed by atoms with Gasteiger partial charge in [0.2, 0.25) is 5.91 Å². The molecule has 2 aromatic carbocycles. The fraction of sp³-hybridized carbons (Fsp3) is 0.462. The van der Waals surface area contributed by atoms with Gasteiger partial charge in [-0.3, -0.25) is 14.5 Å². The quantitative estimate of drug-likeness (QED) is 0.668. The maximum absolute atomic E-state index is 13.0. The number of nitrogens with zero attached hydrogens (tertiary/aromatic N) is 2. The van der Waals surface area contributed by atoms with E-state index in [0.29, 0.717) is 56.3 Å². The molecule has 0 aromatic heterocycles. The molecule has 7 heteroatoms. The Kier molecular flexibility index (Phi) is 7.83. The van der Waals surface area contributed by atoms with E-state index in [4.69, 9.17) is 9.47 Å². The van der Waals surface area contributed by atoms with Crippen LogP contribution in [0.15, 0.2) is 48.5 Å². The highest BCUT2D eigenvalue weighted by Crippen LogP contribution is 2.32. The second kappa shape index (κ2) is 11.2. The number of hydrogen-bond acceptors (Lipinski definition) is 5. The molecular formula is C26H33N3O4. The minimum Gasteiger partial charge on any atom is -0.493 e. The van der Waals surface area contributed by atoms with Crippen molar-refractivity contribution in [1.29, 1.82) is 0 Å². The second-order valence-corrected chi connectivity index (χ2v) is 8.72. The third kappa shape index (κ3) is 6.26. The number of hydrogen-bond donors (Lipinski definition) is 1. The molecule has 4 rings (SSSR count). The van der Waals surface area contributed by atoms with Crippen molar-refractivity contribution in [1.82, 2.24) is 15.1 Å². The Hall–Kier alpha value is -3.06. The molecule has 0 unspecified atom stereocenters. The van der Waals surface area contributed by atoms with Crippen molar-refractivity contribution in [3.8, 4) is 11.5 Å². The standard InChI is InChI=1S/C26H33N3O4/c1-32-24-17-21(11-12-23(24)33-22-9-5-6-10-22)26(31)29-15-13-28(14-16-29)19-25(30)27-18-20-7-3-2-4-8-20/h2-4,7-8,11-12,17,22H,5-6,9-10,13-16,18-19H2,1H3,(H,27,30). The highest BCUT2D eigenvalue weighted by Gasteiger charge is 2.25. The van der Waals surface area contributed by atoms with Crippen molar-refractivity contribution in [2.75, 3.05) is 39.8 Å². The summed E-state index contributed by atoms with van der Waals surface area (Å²) in [4.78, 5) is 29.3. The Morgan fingerprint density at radius 1 is 0.970 bits per heavy atom. The van der Waals surface area contributed by atoms with E-state index >= 15 is 0 Å². The summed E-state index contributed by atoms with van der Waals surface area (Å²) in [5, 5.41) is 2.96. The van der Waals surface area contributed by atoms with E-state index in [0.717, 1.165) is 18.4 Å². The third-order valence-electron chi connectivity index (χ3n) is 6.37. The number of ether oxygens (including phenoxy) is 2. The van der Waals surface area contributed by atoms with E-state index in [-0.39, 0.29) is 17.9 Å². The molecule has 1 aliphatic heterocycles. The van der Waals surface area contributed by atoms with Crippen LogP contribution >= 0.6 is 0 Å². The number of amides is 2. The average molecular weight is 452 g/mol. The fourth-order valence-electron chi connectivity index (χ4n) is 4.43. The number of carbonyl (C=O) groups is 2. The van der Waals surface area contributed by atoms with E-state index in [1.807, 2.05) is 47.4 Å². The van der Waals surface area contributed by atoms with Gasteiger partial charge in [0.15, 0.2) is 11.5 Å². The van der Waals surface area contributed by atoms with Crippen LogP contribution in [0.1, 0.15) is 41.6 Å². The summed E-state index contributed by atoms with van der Waals surface area (Å²) < 4.78 is 11.6. The minimum atomic E-state index is -0.0195. The summed E-state index contributed by atoms with van der Waals surface area (Å²) in [6.45, 7) is 3.40. The molecule has 1 saturated carbocycles. The maximum atomic E-state index is 13.0. The smallest absolute Gasteiger partial charge is 0.254 e. The zero-order valence-corrected chi connectivity index (χ0v) is 19.3. The van der Waals surface area contributed by atoms with Gasteiger partial charge in [0.05, 0.1) is 19.8 Å². The zero-order valence-electron chi connectivity index (χ0n) is 19.3. The van der Waals surface area contributed by atoms with E-state index < -0.39 is 0 Å². The minimum absolute atomic E-state index is 0.00113. The normalized spacial score (nSPS) is 17.1. The van der Waals surface area contributed by atoms with Gasteiger partial charge in [0.25, 0.3) is 5.91 Å². The molecule has 2 fully saturated rings. The van der Waals surface area contributed by atoms with Crippen molar-refractivity contribution in [2.45, 2.75) is 38.3 Å². The van der Waals surface area contributed by atoms with Gasteiger partial charge < -0.3 is 19.7 Å². The lowest BCUT2D eigenvalue weighted by atomic mass is 10.1. The summed E-state index contributed by atoms with van der Waals surface area (Å²) in [5.41, 5.74) is 1.68. The predicted octanol–water partition coefficient (Wildman–Crippen LogP) is 3.09. The Balaban J connectivity index is 1.26. The molecule has 0 radical (unpaired) electrons. The van der Waals surface area contributed by atoms with Crippen LogP contribution in [0.25, 0.3) is 0 Å². The monoisotopic (exact) mass is 451 g/mol. The molecule has 2 aliphatic rings. The number of rotatable bonds is 8. The summed E-state index contributed by atoms with van der Waals surface area (Å²) in [7, 11) is 1.60. The van der Waals surface area contributed by atoms with Crippen molar-refractivity contribution in [2.24, 2.45) is 0 Å². The number of methoxy groups -OCH3 is 1. The maximum Gasteiger partial charge on any atom is 0.254 e. The Morgan fingerprint density at radius 3 is 2.39 bits per heavy atom. The van der Waals surface area contributed by atoms with Gasteiger partial charge in [-0.05, 0) is 49.4 Å². The van der Waals surface area contributed by atoms with E-state index in [9.17, 15) is 9.59 Å². The highest BCUT2D eigenvalue weighted by molar-refractivity contribution is 5.95. The lowest BCUT2D eigenvalue weighted by Gasteiger charge is -2.34. The lowest BCUT2D eigenvalue weighted by molar-refractivity contribution is -0.122. The summed E-state index contributed by atoms with van der Waals surface area (Å²) in [6, 6.07) is 15.3. The zero-order chi connectivity index (χ0) is 23.0. The largest absolute Gasteiger partial charge is 0.493 e. The molecule has 7 nitrogen and oxygen atoms in total. The average Bonchev–Trinajstić information content (AvgIpc) is 3.37.